The number of hydrogen-bond acceptors (Lipinski definition) is 7. The van der Waals surface area contributed by atoms with Gasteiger partial charge in [-0.05, 0) is 19.4 Å². The number of benzene rings is 2. The second kappa shape index (κ2) is 11.2. The van der Waals surface area contributed by atoms with Gasteiger partial charge in [0.15, 0.2) is 18.7 Å². The van der Waals surface area contributed by atoms with Crippen LogP contribution in [0.1, 0.15) is 38.2 Å². The molecule has 0 spiro atoms. The number of rotatable bonds is 8. The molecule has 178 valence electrons. The molecular weight excluding hydrogens is 424 g/mol. The maximum Gasteiger partial charge on any atom is 0.334 e. The lowest BCUT2D eigenvalue weighted by atomic mass is 9.91. The van der Waals surface area contributed by atoms with Gasteiger partial charge in [-0.25, -0.2) is 4.79 Å². The highest BCUT2D eigenvalue weighted by Crippen LogP contribution is 2.38. The molecule has 3 unspecified atom stereocenters. The summed E-state index contributed by atoms with van der Waals surface area (Å²) in [6.07, 6.45) is -3.07. The third kappa shape index (κ3) is 5.80. The predicted octanol–water partition coefficient (Wildman–Crippen LogP) is 4.02. The first kappa shape index (κ1) is 23.9. The average molecular weight is 457 g/mol. The van der Waals surface area contributed by atoms with Crippen LogP contribution in [0.3, 0.4) is 0 Å². The van der Waals surface area contributed by atoms with Crippen LogP contribution in [-0.2, 0) is 39.8 Å². The Balaban J connectivity index is 1.51. The van der Waals surface area contributed by atoms with Crippen molar-refractivity contribution in [3.63, 3.8) is 0 Å². The van der Waals surface area contributed by atoms with Gasteiger partial charge in [0, 0.05) is 11.5 Å². The molecule has 33 heavy (non-hydrogen) atoms. The zero-order valence-corrected chi connectivity index (χ0v) is 19.3. The van der Waals surface area contributed by atoms with E-state index in [1.54, 1.807) is 13.8 Å². The van der Waals surface area contributed by atoms with Gasteiger partial charge in [-0.15, -0.1) is 0 Å². The van der Waals surface area contributed by atoms with Crippen molar-refractivity contribution in [2.45, 2.75) is 64.4 Å². The van der Waals surface area contributed by atoms with Crippen LogP contribution >= 0.6 is 0 Å². The number of hydrogen-bond donors (Lipinski definition) is 0. The summed E-state index contributed by atoms with van der Waals surface area (Å²) >= 11 is 0. The molecule has 0 radical (unpaired) electrons. The van der Waals surface area contributed by atoms with Crippen LogP contribution in [0.25, 0.3) is 0 Å². The second-order valence-corrected chi connectivity index (χ2v) is 8.37. The van der Waals surface area contributed by atoms with Gasteiger partial charge in [-0.3, -0.25) is 0 Å². The molecule has 0 amide bonds. The number of fused-ring (bicyclic) bond motifs is 1. The Bertz CT molecular complexity index is 875. The minimum Gasteiger partial charge on any atom is -0.464 e. The van der Waals surface area contributed by atoms with Crippen LogP contribution in [-0.4, -0.2) is 49.9 Å². The smallest absolute Gasteiger partial charge is 0.334 e. The lowest BCUT2D eigenvalue weighted by molar-refractivity contribution is -0.360. The SMILES string of the molecule is CCOC(=O)[C@@H](C)OC1[C@@H]2OC(c3ccccc3)OCC2O[C@@H](OCc2ccccc2)[C@H]1C. The van der Waals surface area contributed by atoms with Gasteiger partial charge < -0.3 is 28.4 Å². The van der Waals surface area contributed by atoms with Gasteiger partial charge in [0.2, 0.25) is 0 Å². The van der Waals surface area contributed by atoms with Crippen LogP contribution in [0.15, 0.2) is 60.7 Å². The van der Waals surface area contributed by atoms with Crippen molar-refractivity contribution in [1.29, 1.82) is 0 Å². The number of carbonyl (C=O) groups is 1. The number of ether oxygens (including phenoxy) is 6. The minimum absolute atomic E-state index is 0.193. The Hall–Kier alpha value is -2.29. The molecule has 2 heterocycles. The van der Waals surface area contributed by atoms with Gasteiger partial charge in [0.25, 0.3) is 0 Å². The summed E-state index contributed by atoms with van der Waals surface area (Å²) in [7, 11) is 0. The van der Waals surface area contributed by atoms with Crippen LogP contribution < -0.4 is 0 Å². The van der Waals surface area contributed by atoms with Crippen molar-refractivity contribution >= 4 is 5.97 Å². The van der Waals surface area contributed by atoms with Gasteiger partial charge in [0.05, 0.1) is 25.9 Å². The molecule has 0 N–H and O–H groups in total. The monoisotopic (exact) mass is 456 g/mol. The molecular formula is C26H32O7. The van der Waals surface area contributed by atoms with E-state index < -0.39 is 36.9 Å². The summed E-state index contributed by atoms with van der Waals surface area (Å²) < 4.78 is 36.1. The molecule has 2 aromatic carbocycles. The van der Waals surface area contributed by atoms with Crippen LogP contribution in [0.5, 0.6) is 0 Å². The maximum atomic E-state index is 12.3. The third-order valence-electron chi connectivity index (χ3n) is 5.95. The summed E-state index contributed by atoms with van der Waals surface area (Å²) in [5, 5.41) is 0. The van der Waals surface area contributed by atoms with Crippen molar-refractivity contribution in [2.75, 3.05) is 13.2 Å². The first-order chi connectivity index (χ1) is 16.1. The Labute approximate surface area is 194 Å². The van der Waals surface area contributed by atoms with E-state index in [-0.39, 0.29) is 12.0 Å². The van der Waals surface area contributed by atoms with Gasteiger partial charge in [-0.2, -0.15) is 0 Å². The summed E-state index contributed by atoms with van der Waals surface area (Å²) in [6, 6.07) is 19.7. The van der Waals surface area contributed by atoms with Crippen LogP contribution in [0, 0.1) is 5.92 Å². The molecule has 0 aromatic heterocycles. The molecule has 2 aromatic rings. The molecule has 7 heteroatoms. The van der Waals surface area contributed by atoms with E-state index in [1.807, 2.05) is 67.6 Å². The highest BCUT2D eigenvalue weighted by Gasteiger charge is 2.50. The zero-order valence-electron chi connectivity index (χ0n) is 19.3. The molecule has 0 bridgehead atoms. The first-order valence-electron chi connectivity index (χ1n) is 11.5. The summed E-state index contributed by atoms with van der Waals surface area (Å²) in [6.45, 7) is 6.49. The molecule has 2 saturated heterocycles. The quantitative estimate of drug-likeness (QED) is 0.556. The number of esters is 1. The van der Waals surface area contributed by atoms with Crippen molar-refractivity contribution < 1.29 is 33.2 Å². The van der Waals surface area contributed by atoms with Gasteiger partial charge in [0.1, 0.15) is 12.2 Å². The fourth-order valence-corrected chi connectivity index (χ4v) is 4.18. The topological polar surface area (TPSA) is 72.5 Å². The van der Waals surface area contributed by atoms with E-state index in [9.17, 15) is 4.79 Å². The third-order valence-corrected chi connectivity index (χ3v) is 5.95. The molecule has 4 rings (SSSR count). The molecule has 2 aliphatic heterocycles. The molecule has 2 fully saturated rings. The number of carbonyl (C=O) groups excluding carboxylic acids is 1. The van der Waals surface area contributed by atoms with Crippen molar-refractivity contribution in [1.82, 2.24) is 0 Å². The minimum atomic E-state index is -0.743. The van der Waals surface area contributed by atoms with Crippen LogP contribution in [0.2, 0.25) is 0 Å². The Kier molecular flexibility index (Phi) is 8.11. The highest BCUT2D eigenvalue weighted by atomic mass is 16.7. The molecule has 0 aliphatic carbocycles. The lowest BCUT2D eigenvalue weighted by Crippen LogP contribution is -2.60. The van der Waals surface area contributed by atoms with Crippen molar-refractivity contribution in [2.24, 2.45) is 5.92 Å². The zero-order chi connectivity index (χ0) is 23.2. The summed E-state index contributed by atoms with van der Waals surface area (Å²) in [4.78, 5) is 12.3. The highest BCUT2D eigenvalue weighted by molar-refractivity contribution is 5.74. The molecule has 0 saturated carbocycles. The van der Waals surface area contributed by atoms with E-state index in [1.165, 1.54) is 0 Å². The standard InChI is InChI=1S/C26H32O7/c1-4-28-24(27)18(3)31-22-17(2)25(29-15-19-11-7-5-8-12-19)32-21-16-30-26(33-23(21)22)20-13-9-6-10-14-20/h5-14,17-18,21-23,25-26H,4,15-16H2,1-3H3/t17-,18+,21?,22?,23+,25+,26?/m0/s1. The van der Waals surface area contributed by atoms with E-state index in [0.29, 0.717) is 19.8 Å². The van der Waals surface area contributed by atoms with Crippen molar-refractivity contribution in [3.05, 3.63) is 71.8 Å². The largest absolute Gasteiger partial charge is 0.464 e. The molecule has 2 aliphatic rings. The summed E-state index contributed by atoms with van der Waals surface area (Å²) in [5.41, 5.74) is 1.97. The van der Waals surface area contributed by atoms with E-state index in [0.717, 1.165) is 11.1 Å². The molecule has 7 nitrogen and oxygen atoms in total. The van der Waals surface area contributed by atoms with Gasteiger partial charge >= 0.3 is 5.97 Å². The van der Waals surface area contributed by atoms with E-state index in [2.05, 4.69) is 0 Å². The molecule has 7 atom stereocenters. The fraction of sp³-hybridized carbons (Fsp3) is 0.500. The maximum absolute atomic E-state index is 12.3. The Morgan fingerprint density at radius 2 is 1.76 bits per heavy atom. The lowest BCUT2D eigenvalue weighted by Gasteiger charge is -2.48. The fourth-order valence-electron chi connectivity index (χ4n) is 4.18. The van der Waals surface area contributed by atoms with Gasteiger partial charge in [-0.1, -0.05) is 67.6 Å². The Morgan fingerprint density at radius 3 is 2.45 bits per heavy atom. The average Bonchev–Trinajstić information content (AvgIpc) is 2.85. The Morgan fingerprint density at radius 1 is 1.06 bits per heavy atom. The summed E-state index contributed by atoms with van der Waals surface area (Å²) in [5.74, 6) is -0.595. The first-order valence-corrected chi connectivity index (χ1v) is 11.5. The second-order valence-electron chi connectivity index (χ2n) is 8.37. The van der Waals surface area contributed by atoms with E-state index in [4.69, 9.17) is 28.4 Å². The predicted molar refractivity (Wildman–Crippen MR) is 120 cm³/mol. The van der Waals surface area contributed by atoms with Crippen molar-refractivity contribution in [3.8, 4) is 0 Å². The van der Waals surface area contributed by atoms with E-state index >= 15 is 0 Å². The van der Waals surface area contributed by atoms with Crippen LogP contribution in [0.4, 0.5) is 0 Å². The normalized spacial score (nSPS) is 30.3.